The highest BCUT2D eigenvalue weighted by atomic mass is 19.4. The highest BCUT2D eigenvalue weighted by Gasteiger charge is 2.40. The number of hydrogen-bond acceptors (Lipinski definition) is 11. The molecule has 2 atom stereocenters. The van der Waals surface area contributed by atoms with Gasteiger partial charge in [0, 0.05) is 44.4 Å². The lowest BCUT2D eigenvalue weighted by Crippen LogP contribution is -2.56. The zero-order valence-corrected chi connectivity index (χ0v) is 36.0. The number of aliphatic carboxylic acids is 2. The van der Waals surface area contributed by atoms with Gasteiger partial charge in [-0.1, -0.05) is 42.5 Å². The molecule has 1 fully saturated rings. The number of aromatic nitrogens is 3. The average Bonchev–Trinajstić information content (AvgIpc) is 3.28. The van der Waals surface area contributed by atoms with Crippen molar-refractivity contribution in [2.24, 2.45) is 0 Å². The Morgan fingerprint density at radius 2 is 1.45 bits per heavy atom. The van der Waals surface area contributed by atoms with Crippen molar-refractivity contribution in [1.29, 1.82) is 0 Å². The molecule has 0 unspecified atom stereocenters. The van der Waals surface area contributed by atoms with Crippen LogP contribution in [-0.4, -0.2) is 112 Å². The average molecular weight is 926 g/mol. The van der Waals surface area contributed by atoms with Gasteiger partial charge in [-0.25, -0.2) is 23.4 Å². The zero-order chi connectivity index (χ0) is 48.5. The summed E-state index contributed by atoms with van der Waals surface area (Å²) in [5, 5.41) is 32.7. The summed E-state index contributed by atoms with van der Waals surface area (Å²) < 4.78 is 74.6. The van der Waals surface area contributed by atoms with Crippen molar-refractivity contribution in [2.45, 2.75) is 89.5 Å². The minimum atomic E-state index is -4.45. The molecule has 20 heteroatoms. The third kappa shape index (κ3) is 12.4. The number of likely N-dealkylation sites (tertiary alicyclic amines) is 1. The number of amides is 1. The molecule has 1 amide bonds. The van der Waals surface area contributed by atoms with Gasteiger partial charge in [-0.05, 0) is 92.6 Å². The van der Waals surface area contributed by atoms with E-state index in [2.05, 4.69) is 9.97 Å². The Kier molecular flexibility index (Phi) is 16.5. The van der Waals surface area contributed by atoms with Gasteiger partial charge in [-0.2, -0.15) is 18.2 Å². The molecule has 0 radical (unpaired) electrons. The number of carbonyl (C=O) groups excluding carboxylic acids is 2. The van der Waals surface area contributed by atoms with Crippen LogP contribution in [0.25, 0.3) is 22.2 Å². The number of halogens is 5. The number of carbonyl (C=O) groups is 4. The first-order valence-corrected chi connectivity index (χ1v) is 20.7. The second kappa shape index (κ2) is 21.6. The first kappa shape index (κ1) is 50.4. The number of alkyl halides is 3. The van der Waals surface area contributed by atoms with E-state index in [0.29, 0.717) is 37.1 Å². The van der Waals surface area contributed by atoms with Gasteiger partial charge in [-0.3, -0.25) is 19.3 Å². The molecule has 1 saturated heterocycles. The molecule has 6 rings (SSSR count). The first-order valence-electron chi connectivity index (χ1n) is 20.7. The molecule has 5 aromatic rings. The molecule has 0 spiro atoms. The van der Waals surface area contributed by atoms with Crippen molar-refractivity contribution in [3.05, 3.63) is 130 Å². The quantitative estimate of drug-likeness (QED) is 0.0782. The Hall–Kier alpha value is -6.64. The number of fused-ring (bicyclic) bond motifs is 1. The predicted molar refractivity (Wildman–Crippen MR) is 228 cm³/mol. The molecular formula is C46H48F5N5O10. The van der Waals surface area contributed by atoms with Crippen molar-refractivity contribution in [1.82, 2.24) is 24.3 Å². The minimum absolute atomic E-state index is 0.0599. The summed E-state index contributed by atoms with van der Waals surface area (Å²) in [5.74, 6) is -5.41. The third-order valence-corrected chi connectivity index (χ3v) is 11.2. The van der Waals surface area contributed by atoms with Gasteiger partial charge in [0.05, 0.1) is 17.6 Å². The highest BCUT2D eigenvalue weighted by Crippen LogP contribution is 2.32. The number of nitrogens with zero attached hydrogens (tertiary/aromatic N) is 5. The van der Waals surface area contributed by atoms with E-state index >= 15 is 0 Å². The summed E-state index contributed by atoms with van der Waals surface area (Å²) >= 11 is 0. The van der Waals surface area contributed by atoms with Crippen LogP contribution in [0.1, 0.15) is 56.1 Å². The Bertz CT molecular complexity index is 2560. The number of ether oxygens (including phenoxy) is 1. The number of benzene rings is 3. The van der Waals surface area contributed by atoms with Gasteiger partial charge in [0.25, 0.3) is 5.56 Å². The van der Waals surface area contributed by atoms with Gasteiger partial charge in [0.2, 0.25) is 5.91 Å². The van der Waals surface area contributed by atoms with E-state index < -0.39 is 58.6 Å². The Morgan fingerprint density at radius 3 is 2.00 bits per heavy atom. The number of piperidine rings is 1. The molecular weight excluding hydrogens is 878 g/mol. The summed E-state index contributed by atoms with van der Waals surface area (Å²) in [4.78, 5) is 72.6. The van der Waals surface area contributed by atoms with Crippen LogP contribution >= 0.6 is 0 Å². The van der Waals surface area contributed by atoms with Crippen molar-refractivity contribution in [3.8, 4) is 11.1 Å². The molecule has 0 saturated carbocycles. The SMILES string of the molecule is CCOC(=O)C(C)(C)N1CCC(N(Cc2ccc(-c3ccc(C(F)(F)F)cc3)cc2)C(=O)Cn2c(CCc3ccc(F)cc3F)nc(=O)c3cccnc32)CC1.O=C(O)[C@H](O)[C@@H](O)C(=O)O. The zero-order valence-electron chi connectivity index (χ0n) is 36.0. The van der Waals surface area contributed by atoms with E-state index in [1.165, 1.54) is 24.4 Å². The van der Waals surface area contributed by atoms with Gasteiger partial charge in [0.15, 0.2) is 12.2 Å². The Morgan fingerprint density at radius 1 is 0.864 bits per heavy atom. The molecule has 2 aromatic heterocycles. The van der Waals surface area contributed by atoms with E-state index in [1.54, 1.807) is 40.7 Å². The largest absolute Gasteiger partial charge is 0.479 e. The molecule has 15 nitrogen and oxygen atoms in total. The summed E-state index contributed by atoms with van der Waals surface area (Å²) in [6, 6.07) is 18.3. The van der Waals surface area contributed by atoms with E-state index in [1.807, 2.05) is 30.9 Å². The third-order valence-electron chi connectivity index (χ3n) is 11.2. The van der Waals surface area contributed by atoms with Gasteiger partial charge < -0.3 is 34.6 Å². The lowest BCUT2D eigenvalue weighted by atomic mass is 9.95. The van der Waals surface area contributed by atoms with E-state index in [-0.39, 0.29) is 72.9 Å². The molecule has 3 aromatic carbocycles. The van der Waals surface area contributed by atoms with Crippen LogP contribution in [0.5, 0.6) is 0 Å². The molecule has 352 valence electrons. The number of hydrogen-bond donors (Lipinski definition) is 4. The van der Waals surface area contributed by atoms with E-state index in [0.717, 1.165) is 29.8 Å². The fourth-order valence-corrected chi connectivity index (χ4v) is 7.41. The lowest BCUT2D eigenvalue weighted by Gasteiger charge is -2.44. The fraction of sp³-hybridized carbons (Fsp3) is 0.370. The number of aryl methyl sites for hydroxylation is 2. The number of rotatable bonds is 15. The fourth-order valence-electron chi connectivity index (χ4n) is 7.41. The summed E-state index contributed by atoms with van der Waals surface area (Å²) in [6.45, 7) is 6.58. The van der Waals surface area contributed by atoms with E-state index in [4.69, 9.17) is 25.2 Å². The van der Waals surface area contributed by atoms with Crippen LogP contribution in [0, 0.1) is 11.6 Å². The second-order valence-electron chi connectivity index (χ2n) is 15.9. The first-order chi connectivity index (χ1) is 31.1. The van der Waals surface area contributed by atoms with Gasteiger partial charge in [-0.15, -0.1) is 0 Å². The number of carboxylic acid groups (broad SMARTS) is 2. The summed E-state index contributed by atoms with van der Waals surface area (Å²) in [5.41, 5.74) is 0.372. The van der Waals surface area contributed by atoms with Crippen molar-refractivity contribution < 1.29 is 66.3 Å². The van der Waals surface area contributed by atoms with Crippen molar-refractivity contribution >= 4 is 34.8 Å². The predicted octanol–water partition coefficient (Wildman–Crippen LogP) is 5.25. The maximum Gasteiger partial charge on any atom is 0.416 e. The smallest absolute Gasteiger partial charge is 0.416 e. The summed E-state index contributed by atoms with van der Waals surface area (Å²) in [7, 11) is 0. The monoisotopic (exact) mass is 925 g/mol. The van der Waals surface area contributed by atoms with Crippen LogP contribution in [-0.2, 0) is 56.0 Å². The molecule has 1 aliphatic heterocycles. The van der Waals surface area contributed by atoms with Gasteiger partial charge in [0.1, 0.15) is 35.2 Å². The topological polar surface area (TPSA) is 213 Å². The maximum absolute atomic E-state index is 14.6. The van der Waals surface area contributed by atoms with Crippen LogP contribution < -0.4 is 5.56 Å². The van der Waals surface area contributed by atoms with E-state index in [9.17, 15) is 45.9 Å². The van der Waals surface area contributed by atoms with Crippen LogP contribution in [0.15, 0.2) is 89.9 Å². The highest BCUT2D eigenvalue weighted by molar-refractivity contribution is 5.83. The van der Waals surface area contributed by atoms with Crippen molar-refractivity contribution in [2.75, 3.05) is 19.7 Å². The maximum atomic E-state index is 14.6. The number of carboxylic acids is 2. The number of esters is 1. The molecule has 0 bridgehead atoms. The van der Waals surface area contributed by atoms with Crippen LogP contribution in [0.3, 0.4) is 0 Å². The van der Waals surface area contributed by atoms with Gasteiger partial charge >= 0.3 is 24.1 Å². The number of aliphatic hydroxyl groups excluding tert-OH is 2. The normalized spacial score (nSPS) is 14.5. The van der Waals surface area contributed by atoms with Crippen molar-refractivity contribution in [3.63, 3.8) is 0 Å². The number of aliphatic hydroxyl groups is 2. The lowest BCUT2D eigenvalue weighted by molar-refractivity contribution is -0.165. The second-order valence-corrected chi connectivity index (χ2v) is 15.9. The Balaban J connectivity index is 0.000000730. The molecule has 0 aliphatic carbocycles. The molecule has 66 heavy (non-hydrogen) atoms. The Labute approximate surface area is 374 Å². The molecule has 3 heterocycles. The van der Waals surface area contributed by atoms with Crippen LogP contribution in [0.2, 0.25) is 0 Å². The minimum Gasteiger partial charge on any atom is -0.479 e. The van der Waals surface area contributed by atoms with Crippen LogP contribution in [0.4, 0.5) is 22.0 Å². The number of pyridine rings is 1. The standard InChI is InChI=1S/C42H42F5N5O4.C4H6O6/c1-4-56-40(55)41(2,3)50-22-19-33(20-23-50)51(25-27-7-9-28(10-8-27)29-11-15-31(16-12-29)42(45,46)47)37(53)26-52-36(18-14-30-13-17-32(43)24-35(30)44)49-39(54)34-6-5-21-48-38(34)52;5-1(3(7)8)2(6)4(9)10/h5-13,15-17,21,24,33H,4,14,18-20,22-23,25-26H2,1-3H3;1-2,5-6H,(H,7,8)(H,9,10)/t;1-,2-/m.1/s1. The molecule has 1 aliphatic rings. The summed E-state index contributed by atoms with van der Waals surface area (Å²) in [6.07, 6.45) is -6.26. The molecule has 4 N–H and O–H groups in total.